The molecule has 0 heterocycles. The van der Waals surface area contributed by atoms with Crippen LogP contribution >= 0.6 is 0 Å². The van der Waals surface area contributed by atoms with Crippen molar-refractivity contribution in [3.05, 3.63) is 58.1 Å². The number of rotatable bonds is 5. The summed E-state index contributed by atoms with van der Waals surface area (Å²) in [5, 5.41) is 0. The van der Waals surface area contributed by atoms with Crippen LogP contribution in [0.2, 0.25) is 0 Å². The third kappa shape index (κ3) is 3.79. The van der Waals surface area contributed by atoms with Gasteiger partial charge in [-0.3, -0.25) is 0 Å². The summed E-state index contributed by atoms with van der Waals surface area (Å²) in [5.41, 5.74) is 5.14. The Morgan fingerprint density at radius 1 is 1.00 bits per heavy atom. The number of ether oxygens (including phenoxy) is 1. The average molecular weight is 374 g/mol. The molecule has 0 aromatic heterocycles. The highest BCUT2D eigenvalue weighted by molar-refractivity contribution is 7.89. The molecule has 4 nitrogen and oxygen atoms in total. The summed E-state index contributed by atoms with van der Waals surface area (Å²) in [7, 11) is -2.04. The van der Waals surface area contributed by atoms with E-state index in [-0.39, 0.29) is 6.04 Å². The minimum atomic E-state index is -3.62. The van der Waals surface area contributed by atoms with Gasteiger partial charge in [0.2, 0.25) is 10.0 Å². The maximum Gasteiger partial charge on any atom is 0.241 e. The van der Waals surface area contributed by atoms with Crippen molar-refractivity contribution in [1.82, 2.24) is 4.72 Å². The second kappa shape index (κ2) is 7.41. The quantitative estimate of drug-likeness (QED) is 0.853. The van der Waals surface area contributed by atoms with Gasteiger partial charge in [-0.2, -0.15) is 0 Å². The molecular weight excluding hydrogens is 346 g/mol. The Balaban J connectivity index is 1.88. The first kappa shape index (κ1) is 18.9. The fourth-order valence-corrected chi connectivity index (χ4v) is 5.52. The molecule has 26 heavy (non-hydrogen) atoms. The van der Waals surface area contributed by atoms with Crippen molar-refractivity contribution in [2.45, 2.75) is 57.4 Å². The van der Waals surface area contributed by atoms with Gasteiger partial charge in [-0.1, -0.05) is 18.2 Å². The van der Waals surface area contributed by atoms with Crippen molar-refractivity contribution in [3.63, 3.8) is 0 Å². The van der Waals surface area contributed by atoms with Gasteiger partial charge < -0.3 is 4.74 Å². The van der Waals surface area contributed by atoms with E-state index in [0.29, 0.717) is 21.8 Å². The molecule has 140 valence electrons. The van der Waals surface area contributed by atoms with Crippen molar-refractivity contribution in [2.24, 2.45) is 0 Å². The number of sulfonamides is 1. The van der Waals surface area contributed by atoms with E-state index in [4.69, 9.17) is 4.74 Å². The molecule has 1 aliphatic rings. The SMILES string of the molecule is COc1cc(C)c(S(=O)(=O)N[C@@H](C)c2ccc3c(c2)CCCC3)c(C)c1. The van der Waals surface area contributed by atoms with Gasteiger partial charge in [-0.15, -0.1) is 0 Å². The molecule has 1 aliphatic carbocycles. The highest BCUT2D eigenvalue weighted by atomic mass is 32.2. The molecule has 0 bridgehead atoms. The molecule has 0 spiro atoms. The molecular formula is C21H27NO3S. The zero-order valence-corrected chi connectivity index (χ0v) is 16.7. The lowest BCUT2D eigenvalue weighted by Crippen LogP contribution is -2.28. The van der Waals surface area contributed by atoms with Crippen molar-refractivity contribution in [2.75, 3.05) is 7.11 Å². The molecule has 5 heteroatoms. The third-order valence-electron chi connectivity index (χ3n) is 5.14. The molecule has 3 rings (SSSR count). The Morgan fingerprint density at radius 2 is 1.62 bits per heavy atom. The lowest BCUT2D eigenvalue weighted by molar-refractivity contribution is 0.413. The Bertz CT molecular complexity index is 896. The van der Waals surface area contributed by atoms with E-state index >= 15 is 0 Å². The molecule has 0 unspecified atom stereocenters. The van der Waals surface area contributed by atoms with Gasteiger partial charge in [-0.25, -0.2) is 13.1 Å². The third-order valence-corrected chi connectivity index (χ3v) is 6.99. The van der Waals surface area contributed by atoms with Crippen LogP contribution in [0.15, 0.2) is 35.2 Å². The van der Waals surface area contributed by atoms with Crippen LogP contribution in [-0.2, 0) is 22.9 Å². The van der Waals surface area contributed by atoms with Crippen molar-refractivity contribution in [1.29, 1.82) is 0 Å². The number of hydrogen-bond donors (Lipinski definition) is 1. The van der Waals surface area contributed by atoms with Gasteiger partial charge >= 0.3 is 0 Å². The van der Waals surface area contributed by atoms with Crippen LogP contribution in [0.4, 0.5) is 0 Å². The fourth-order valence-electron chi connectivity index (χ4n) is 3.83. The van der Waals surface area contributed by atoms with E-state index in [2.05, 4.69) is 16.9 Å². The molecule has 2 aromatic rings. The van der Waals surface area contributed by atoms with Crippen LogP contribution in [-0.4, -0.2) is 15.5 Å². The van der Waals surface area contributed by atoms with Gasteiger partial charge in [0, 0.05) is 6.04 Å². The Labute approximate surface area is 156 Å². The molecule has 0 saturated heterocycles. The maximum atomic E-state index is 13.0. The Morgan fingerprint density at radius 3 is 2.23 bits per heavy atom. The van der Waals surface area contributed by atoms with Crippen LogP contribution in [0.25, 0.3) is 0 Å². The molecule has 1 N–H and O–H groups in total. The largest absolute Gasteiger partial charge is 0.497 e. The Kier molecular flexibility index (Phi) is 5.39. The zero-order valence-electron chi connectivity index (χ0n) is 15.9. The predicted molar refractivity (Wildman–Crippen MR) is 104 cm³/mol. The van der Waals surface area contributed by atoms with Crippen LogP contribution in [0, 0.1) is 13.8 Å². The zero-order chi connectivity index (χ0) is 18.9. The first-order valence-electron chi connectivity index (χ1n) is 9.11. The minimum Gasteiger partial charge on any atom is -0.497 e. The monoisotopic (exact) mass is 373 g/mol. The molecule has 0 amide bonds. The lowest BCUT2D eigenvalue weighted by Gasteiger charge is -2.21. The second-order valence-corrected chi connectivity index (χ2v) is 8.82. The highest BCUT2D eigenvalue weighted by Gasteiger charge is 2.23. The van der Waals surface area contributed by atoms with E-state index in [0.717, 1.165) is 18.4 Å². The molecule has 0 radical (unpaired) electrons. The van der Waals surface area contributed by atoms with Gasteiger partial charge in [-0.05, 0) is 86.4 Å². The van der Waals surface area contributed by atoms with Gasteiger partial charge in [0.25, 0.3) is 0 Å². The van der Waals surface area contributed by atoms with E-state index < -0.39 is 10.0 Å². The van der Waals surface area contributed by atoms with Crippen molar-refractivity contribution >= 4 is 10.0 Å². The number of methoxy groups -OCH3 is 1. The summed E-state index contributed by atoms with van der Waals surface area (Å²) >= 11 is 0. The summed E-state index contributed by atoms with van der Waals surface area (Å²) in [5.74, 6) is 0.668. The van der Waals surface area contributed by atoms with E-state index in [1.165, 1.54) is 24.0 Å². The summed E-state index contributed by atoms with van der Waals surface area (Å²) in [6.45, 7) is 5.50. The molecule has 1 atom stereocenters. The fraction of sp³-hybridized carbons (Fsp3) is 0.429. The molecule has 0 fully saturated rings. The number of benzene rings is 2. The van der Waals surface area contributed by atoms with Crippen LogP contribution in [0.3, 0.4) is 0 Å². The Hall–Kier alpha value is -1.85. The first-order chi connectivity index (χ1) is 12.3. The summed E-state index contributed by atoms with van der Waals surface area (Å²) in [6.07, 6.45) is 4.66. The smallest absolute Gasteiger partial charge is 0.241 e. The van der Waals surface area contributed by atoms with Gasteiger partial charge in [0.1, 0.15) is 5.75 Å². The van der Waals surface area contributed by atoms with Gasteiger partial charge in [0.05, 0.1) is 12.0 Å². The van der Waals surface area contributed by atoms with Crippen LogP contribution in [0.1, 0.15) is 53.6 Å². The second-order valence-electron chi connectivity index (χ2n) is 7.17. The first-order valence-corrected chi connectivity index (χ1v) is 10.6. The maximum absolute atomic E-state index is 13.0. The highest BCUT2D eigenvalue weighted by Crippen LogP contribution is 2.28. The average Bonchev–Trinajstić information content (AvgIpc) is 2.59. The standard InChI is InChI=1S/C21H27NO3S/c1-14-11-20(25-4)12-15(2)21(14)26(23,24)22-16(3)18-10-9-17-7-5-6-8-19(17)13-18/h9-13,16,22H,5-8H2,1-4H3/t16-/m0/s1. The number of aryl methyl sites for hydroxylation is 4. The van der Waals surface area contributed by atoms with E-state index in [1.807, 2.05) is 13.0 Å². The number of nitrogens with one attached hydrogen (secondary N) is 1. The van der Waals surface area contributed by atoms with E-state index in [1.54, 1.807) is 33.1 Å². The number of hydrogen-bond acceptors (Lipinski definition) is 3. The predicted octanol–water partition coefficient (Wildman–Crippen LogP) is 4.23. The van der Waals surface area contributed by atoms with Crippen LogP contribution in [0.5, 0.6) is 5.75 Å². The van der Waals surface area contributed by atoms with Crippen molar-refractivity contribution < 1.29 is 13.2 Å². The summed E-state index contributed by atoms with van der Waals surface area (Å²) in [4.78, 5) is 0.336. The normalized spacial score (nSPS) is 15.4. The lowest BCUT2D eigenvalue weighted by atomic mass is 9.89. The number of fused-ring (bicyclic) bond motifs is 1. The summed E-state index contributed by atoms with van der Waals surface area (Å²) < 4.78 is 34.1. The molecule has 2 aromatic carbocycles. The van der Waals surface area contributed by atoms with Crippen LogP contribution < -0.4 is 9.46 Å². The summed E-state index contributed by atoms with van der Waals surface area (Å²) in [6, 6.07) is 9.59. The topological polar surface area (TPSA) is 55.4 Å². The minimum absolute atomic E-state index is 0.284. The van der Waals surface area contributed by atoms with Crippen molar-refractivity contribution in [3.8, 4) is 5.75 Å². The van der Waals surface area contributed by atoms with Gasteiger partial charge in [0.15, 0.2) is 0 Å². The molecule has 0 aliphatic heterocycles. The van der Waals surface area contributed by atoms with E-state index in [9.17, 15) is 8.42 Å². The molecule has 0 saturated carbocycles.